The molecule has 0 radical (unpaired) electrons. The molecule has 254 valence electrons. The number of nitrogens with zero attached hydrogens (tertiary/aromatic N) is 6. The van der Waals surface area contributed by atoms with Crippen LogP contribution < -0.4 is 15.0 Å². The monoisotopic (exact) mass is 687 g/mol. The molecule has 13 heteroatoms. The van der Waals surface area contributed by atoms with Gasteiger partial charge in [-0.3, -0.25) is 20.1 Å². The molecule has 1 aromatic heterocycles. The van der Waals surface area contributed by atoms with Crippen molar-refractivity contribution in [3.63, 3.8) is 0 Å². The lowest BCUT2D eigenvalue weighted by molar-refractivity contribution is -0.605. The van der Waals surface area contributed by atoms with Gasteiger partial charge < -0.3 is 20.1 Å². The highest BCUT2D eigenvalue weighted by Gasteiger charge is 2.50. The fourth-order valence-electron chi connectivity index (χ4n) is 8.69. The van der Waals surface area contributed by atoms with Crippen LogP contribution in [0.25, 0.3) is 0 Å². The first kappa shape index (κ1) is 33.1. The van der Waals surface area contributed by atoms with Crippen LogP contribution in [0.1, 0.15) is 54.5 Å². The molecule has 1 unspecified atom stereocenters. The summed E-state index contributed by atoms with van der Waals surface area (Å²) in [4.78, 5) is 18.6. The number of aliphatic hydroxyl groups excluding tert-OH is 1. The second kappa shape index (κ2) is 12.8. The molecule has 4 N–H and O–H groups in total. The molecule has 4 aliphatic heterocycles. The Bertz CT molecular complexity index is 1590. The number of ether oxygens (including phenoxy) is 1. The number of aromatic nitrogens is 2. The highest BCUT2D eigenvalue weighted by atomic mass is 35.5. The van der Waals surface area contributed by atoms with E-state index in [1.54, 1.807) is 19.0 Å². The van der Waals surface area contributed by atoms with E-state index >= 15 is 0 Å². The third-order valence-corrected chi connectivity index (χ3v) is 12.0. The molecule has 47 heavy (non-hydrogen) atoms. The number of alkyl halides is 1. The second-order valence-corrected chi connectivity index (χ2v) is 15.1. The summed E-state index contributed by atoms with van der Waals surface area (Å²) >= 11 is 13.7. The van der Waals surface area contributed by atoms with Crippen LogP contribution in [0.5, 0.6) is 6.01 Å². The van der Waals surface area contributed by atoms with Crippen molar-refractivity contribution in [2.75, 3.05) is 65.4 Å². The summed E-state index contributed by atoms with van der Waals surface area (Å²) in [6.45, 7) is 4.33. The second-order valence-electron chi connectivity index (χ2n) is 14.3. The van der Waals surface area contributed by atoms with Crippen LogP contribution in [-0.4, -0.2) is 114 Å². The van der Waals surface area contributed by atoms with Crippen molar-refractivity contribution < 1.29 is 19.6 Å². The molecular weight excluding hydrogens is 642 g/mol. The molecule has 3 saturated heterocycles. The molecule has 0 amide bonds. The number of halogens is 3. The molecule has 5 heterocycles. The van der Waals surface area contributed by atoms with E-state index in [0.29, 0.717) is 45.1 Å². The van der Waals surface area contributed by atoms with E-state index in [1.165, 1.54) is 11.1 Å². The van der Waals surface area contributed by atoms with Crippen molar-refractivity contribution in [2.24, 2.45) is 0 Å². The van der Waals surface area contributed by atoms with Crippen LogP contribution in [0, 0.1) is 5.41 Å². The molecular formula is C34H46Cl2FN8O2+. The van der Waals surface area contributed by atoms with Crippen molar-refractivity contribution in [1.29, 1.82) is 5.41 Å². The van der Waals surface area contributed by atoms with Gasteiger partial charge in [0.1, 0.15) is 29.3 Å². The Morgan fingerprint density at radius 3 is 2.87 bits per heavy atom. The third-order valence-electron chi connectivity index (χ3n) is 11.2. The molecule has 2 aromatic rings. The molecule has 3 fully saturated rings. The summed E-state index contributed by atoms with van der Waals surface area (Å²) in [5.41, 5.74) is 4.66. The van der Waals surface area contributed by atoms with Gasteiger partial charge >= 0.3 is 6.01 Å². The van der Waals surface area contributed by atoms with Gasteiger partial charge in [-0.05, 0) is 70.6 Å². The normalized spacial score (nSPS) is 29.5. The Morgan fingerprint density at radius 1 is 1.23 bits per heavy atom. The molecule has 0 saturated carbocycles. The molecule has 0 bridgehead atoms. The molecule has 1 aromatic carbocycles. The zero-order valence-electron chi connectivity index (χ0n) is 27.5. The van der Waals surface area contributed by atoms with E-state index in [-0.39, 0.29) is 21.8 Å². The predicted octanol–water partition coefficient (Wildman–Crippen LogP) is 3.04. The number of aryl methyl sites for hydroxylation is 1. The number of benzene rings is 1. The Labute approximate surface area is 286 Å². The zero-order valence-corrected chi connectivity index (χ0v) is 29.0. The average molecular weight is 689 g/mol. The maximum atomic E-state index is 14.6. The van der Waals surface area contributed by atoms with Crippen LogP contribution in [0.2, 0.25) is 5.02 Å². The van der Waals surface area contributed by atoms with Crippen molar-refractivity contribution in [3.05, 3.63) is 56.3 Å². The molecule has 5 aliphatic rings. The maximum absolute atomic E-state index is 14.6. The summed E-state index contributed by atoms with van der Waals surface area (Å²) in [6.07, 6.45) is 3.95. The zero-order chi connectivity index (χ0) is 33.1. The first-order chi connectivity index (χ1) is 22.5. The number of hydrogen-bond acceptors (Lipinski definition) is 9. The number of quaternary nitrogens is 1. The maximum Gasteiger partial charge on any atom is 0.318 e. The first-order valence-corrected chi connectivity index (χ1v) is 17.6. The van der Waals surface area contributed by atoms with Crippen LogP contribution in [0.3, 0.4) is 0 Å². The number of hydrogen-bond donors (Lipinski definition) is 3. The summed E-state index contributed by atoms with van der Waals surface area (Å²) in [6, 6.07) is 6.52. The Kier molecular flexibility index (Phi) is 9.04. The minimum absolute atomic E-state index is 0.0277. The summed E-state index contributed by atoms with van der Waals surface area (Å²) in [5.74, 6) is 0.802. The van der Waals surface area contributed by atoms with Gasteiger partial charge in [0.2, 0.25) is 0 Å². The lowest BCUT2D eigenvalue weighted by atomic mass is 9.81. The van der Waals surface area contributed by atoms with Crippen molar-refractivity contribution >= 4 is 34.7 Å². The smallest absolute Gasteiger partial charge is 0.318 e. The quantitative estimate of drug-likeness (QED) is 0.301. The van der Waals surface area contributed by atoms with E-state index in [4.69, 9.17) is 43.3 Å². The lowest BCUT2D eigenvalue weighted by Gasteiger charge is -2.45. The van der Waals surface area contributed by atoms with Crippen LogP contribution in [0.4, 0.5) is 10.2 Å². The highest BCUT2D eigenvalue weighted by molar-refractivity contribution is 6.43. The van der Waals surface area contributed by atoms with E-state index in [2.05, 4.69) is 33.1 Å². The molecule has 1 spiro atoms. The number of nitrogens with two attached hydrogens (primary N) is 1. The summed E-state index contributed by atoms with van der Waals surface area (Å²) in [5, 5.41) is 22.3. The van der Waals surface area contributed by atoms with Crippen molar-refractivity contribution in [3.8, 4) is 6.01 Å². The van der Waals surface area contributed by atoms with Crippen LogP contribution in [-0.2, 0) is 24.9 Å². The standard InChI is InChI=1S/C34H45Cl2FN8O2/c1-42(2)31(46)29(38)28(36)26-19-44(13-6-12-39-26)30-23-18-43(3)34(11-9-21-7-4-8-24(35)27(21)34)16-25(23)40-32(41-30)47-20-33-10-5-14-45(33)17-22(37)15-33/h4,7-8,22,31,38-39,46H,5-6,9-20H2,1-3H3/p+1/b28-26+,38-29?/t22-,31?,33+,34+/m1/s1. The van der Waals surface area contributed by atoms with Crippen molar-refractivity contribution in [1.82, 2.24) is 24.7 Å². The van der Waals surface area contributed by atoms with E-state index in [9.17, 15) is 9.50 Å². The molecule has 10 nitrogen and oxygen atoms in total. The highest BCUT2D eigenvalue weighted by Crippen LogP contribution is 2.50. The molecule has 4 atom stereocenters. The number of aliphatic hydroxyl groups is 1. The van der Waals surface area contributed by atoms with Gasteiger partial charge in [-0.2, -0.15) is 9.97 Å². The number of nitrogens with one attached hydrogen (secondary N) is 1. The summed E-state index contributed by atoms with van der Waals surface area (Å²) < 4.78 is 21.1. The lowest BCUT2D eigenvalue weighted by Crippen LogP contribution is -2.83. The first-order valence-electron chi connectivity index (χ1n) is 16.8. The predicted molar refractivity (Wildman–Crippen MR) is 181 cm³/mol. The van der Waals surface area contributed by atoms with Gasteiger partial charge in [-0.1, -0.05) is 35.3 Å². The van der Waals surface area contributed by atoms with Gasteiger partial charge in [-0.25, -0.2) is 4.39 Å². The van der Waals surface area contributed by atoms with Gasteiger partial charge in [0.05, 0.1) is 35.6 Å². The fraction of sp³-hybridized carbons (Fsp3) is 0.618. The summed E-state index contributed by atoms with van der Waals surface area (Å²) in [7, 11) is 5.60. The number of rotatable bonds is 7. The van der Waals surface area contributed by atoms with Gasteiger partial charge in [-0.15, -0.1) is 0 Å². The Morgan fingerprint density at radius 2 is 2.06 bits per heavy atom. The van der Waals surface area contributed by atoms with E-state index in [1.807, 2.05) is 12.1 Å². The minimum Gasteiger partial charge on any atom is -0.461 e. The number of fused-ring (bicyclic) bond motifs is 4. The van der Waals surface area contributed by atoms with Gasteiger partial charge in [0, 0.05) is 49.5 Å². The number of anilines is 1. The van der Waals surface area contributed by atoms with E-state index in [0.717, 1.165) is 79.5 Å². The van der Waals surface area contributed by atoms with Crippen LogP contribution in [0.15, 0.2) is 28.9 Å². The third kappa shape index (κ3) is 5.85. The Hall–Kier alpha value is -2.38. The number of likely N-dealkylation sites (N-methyl/N-ethyl adjacent to an activating group) is 1. The van der Waals surface area contributed by atoms with Gasteiger partial charge in [0.15, 0.2) is 6.23 Å². The molecule has 7 rings (SSSR count). The fourth-order valence-corrected chi connectivity index (χ4v) is 9.30. The SMILES string of the molecule is CN(C)C(O)C(=N)/C(Cl)=C1/CN(c2nc(OC[C@@]34CCCN3C[C@H](F)C4)nc3c2CN(C)[C@@]2(CCc4cccc(Cl)c42)C3)CCC[NH2+]1. The topological polar surface area (TPSA) is 109 Å². The van der Waals surface area contributed by atoms with Crippen molar-refractivity contribution in [2.45, 2.75) is 75.0 Å². The molecule has 1 aliphatic carbocycles. The minimum atomic E-state index is -1.10. The van der Waals surface area contributed by atoms with Gasteiger partial charge in [0.25, 0.3) is 0 Å². The Balaban J connectivity index is 1.27. The average Bonchev–Trinajstić information content (AvgIpc) is 3.63. The van der Waals surface area contributed by atoms with E-state index < -0.39 is 12.4 Å². The largest absolute Gasteiger partial charge is 0.461 e. The van der Waals surface area contributed by atoms with Crippen LogP contribution >= 0.6 is 23.2 Å².